The Labute approximate surface area is 159 Å². The van der Waals surface area contributed by atoms with Crippen LogP contribution >= 0.6 is 12.4 Å². The van der Waals surface area contributed by atoms with Gasteiger partial charge in [-0.1, -0.05) is 12.1 Å². The average molecular weight is 378 g/mol. The number of pyridine rings is 1. The van der Waals surface area contributed by atoms with Gasteiger partial charge in [-0.2, -0.15) is 0 Å². The fraction of sp³-hybridized carbons (Fsp3) is 0.368. The Bertz CT molecular complexity index is 703. The van der Waals surface area contributed by atoms with Crippen LogP contribution in [0.2, 0.25) is 0 Å². The molecule has 26 heavy (non-hydrogen) atoms. The molecule has 1 saturated heterocycles. The fourth-order valence-electron chi connectivity index (χ4n) is 2.78. The molecule has 2 N–H and O–H groups in total. The molecule has 0 saturated carbocycles. The molecule has 1 aromatic heterocycles. The number of aromatic nitrogens is 1. The molecular weight excluding hydrogens is 354 g/mol. The molecule has 3 rings (SSSR count). The molecule has 1 amide bonds. The zero-order valence-corrected chi connectivity index (χ0v) is 15.6. The molecule has 1 aromatic carbocycles. The second kappa shape index (κ2) is 9.99. The molecule has 0 radical (unpaired) electrons. The standard InChI is InChI=1S/C19H23N3O3.ClH/c1-24-16-3-2-4-17(11-16)25-18-6-5-14(12-21-18)13-22-19(23)15-7-9-20-10-8-15;/h2-6,11-12,15,20H,7-10,13H2,1H3,(H,22,23);1H. The molecule has 2 heterocycles. The summed E-state index contributed by atoms with van der Waals surface area (Å²) in [5.74, 6) is 2.14. The van der Waals surface area contributed by atoms with Gasteiger partial charge in [0.2, 0.25) is 11.8 Å². The van der Waals surface area contributed by atoms with Gasteiger partial charge in [0.25, 0.3) is 0 Å². The highest BCUT2D eigenvalue weighted by Gasteiger charge is 2.20. The van der Waals surface area contributed by atoms with Crippen molar-refractivity contribution >= 4 is 18.3 Å². The van der Waals surface area contributed by atoms with Gasteiger partial charge in [-0.15, -0.1) is 12.4 Å². The number of halogens is 1. The molecule has 0 bridgehead atoms. The molecule has 6 nitrogen and oxygen atoms in total. The lowest BCUT2D eigenvalue weighted by Crippen LogP contribution is -2.37. The molecule has 2 aromatic rings. The molecule has 7 heteroatoms. The van der Waals surface area contributed by atoms with E-state index in [2.05, 4.69) is 15.6 Å². The number of benzene rings is 1. The summed E-state index contributed by atoms with van der Waals surface area (Å²) in [6, 6.07) is 11.1. The second-order valence-electron chi connectivity index (χ2n) is 6.03. The van der Waals surface area contributed by atoms with Gasteiger partial charge >= 0.3 is 0 Å². The number of hydrogen-bond donors (Lipinski definition) is 2. The predicted octanol–water partition coefficient (Wildman–Crippen LogP) is 2.92. The molecule has 1 aliphatic rings. The summed E-state index contributed by atoms with van der Waals surface area (Å²) >= 11 is 0. The van der Waals surface area contributed by atoms with Crippen molar-refractivity contribution in [2.75, 3.05) is 20.2 Å². The fourth-order valence-corrected chi connectivity index (χ4v) is 2.78. The number of piperidine rings is 1. The van der Waals surface area contributed by atoms with Crippen LogP contribution in [-0.2, 0) is 11.3 Å². The lowest BCUT2D eigenvalue weighted by Gasteiger charge is -2.21. The van der Waals surface area contributed by atoms with Gasteiger partial charge in [0, 0.05) is 30.8 Å². The number of amides is 1. The summed E-state index contributed by atoms with van der Waals surface area (Å²) in [5.41, 5.74) is 0.945. The van der Waals surface area contributed by atoms with E-state index in [4.69, 9.17) is 9.47 Å². The molecule has 0 spiro atoms. The number of carbonyl (C=O) groups excluding carboxylic acids is 1. The highest BCUT2D eigenvalue weighted by atomic mass is 35.5. The first-order valence-electron chi connectivity index (χ1n) is 8.50. The van der Waals surface area contributed by atoms with Crippen molar-refractivity contribution in [1.29, 1.82) is 0 Å². The van der Waals surface area contributed by atoms with Crippen LogP contribution in [0.15, 0.2) is 42.6 Å². The number of carbonyl (C=O) groups is 1. The summed E-state index contributed by atoms with van der Waals surface area (Å²) in [7, 11) is 1.62. The summed E-state index contributed by atoms with van der Waals surface area (Å²) in [4.78, 5) is 16.4. The van der Waals surface area contributed by atoms with Crippen molar-refractivity contribution in [2.45, 2.75) is 19.4 Å². The highest BCUT2D eigenvalue weighted by Crippen LogP contribution is 2.23. The van der Waals surface area contributed by atoms with Crippen LogP contribution in [0.5, 0.6) is 17.4 Å². The first kappa shape index (κ1) is 20.0. The van der Waals surface area contributed by atoms with Crippen molar-refractivity contribution in [3.8, 4) is 17.4 Å². The van der Waals surface area contributed by atoms with Crippen LogP contribution in [0.3, 0.4) is 0 Å². The lowest BCUT2D eigenvalue weighted by molar-refractivity contribution is -0.125. The minimum Gasteiger partial charge on any atom is -0.497 e. The van der Waals surface area contributed by atoms with Crippen molar-refractivity contribution < 1.29 is 14.3 Å². The number of ether oxygens (including phenoxy) is 2. The van der Waals surface area contributed by atoms with E-state index in [1.165, 1.54) is 0 Å². The number of nitrogens with zero attached hydrogens (tertiary/aromatic N) is 1. The van der Waals surface area contributed by atoms with Gasteiger partial charge in [-0.05, 0) is 43.6 Å². The molecule has 1 fully saturated rings. The highest BCUT2D eigenvalue weighted by molar-refractivity contribution is 5.85. The van der Waals surface area contributed by atoms with Crippen molar-refractivity contribution in [3.63, 3.8) is 0 Å². The van der Waals surface area contributed by atoms with E-state index in [1.807, 2.05) is 24.3 Å². The van der Waals surface area contributed by atoms with Crippen molar-refractivity contribution in [3.05, 3.63) is 48.2 Å². The van der Waals surface area contributed by atoms with Crippen molar-refractivity contribution in [1.82, 2.24) is 15.6 Å². The van der Waals surface area contributed by atoms with E-state index in [1.54, 1.807) is 25.4 Å². The van der Waals surface area contributed by atoms with E-state index in [0.717, 1.165) is 37.2 Å². The quantitative estimate of drug-likeness (QED) is 0.809. The topological polar surface area (TPSA) is 72.5 Å². The van der Waals surface area contributed by atoms with Gasteiger partial charge in [-0.3, -0.25) is 4.79 Å². The Morgan fingerprint density at radius 3 is 2.69 bits per heavy atom. The summed E-state index contributed by atoms with van der Waals surface area (Å²) in [6.07, 6.45) is 3.52. The smallest absolute Gasteiger partial charge is 0.223 e. The molecule has 1 aliphatic heterocycles. The van der Waals surface area contributed by atoms with Crippen LogP contribution in [0.1, 0.15) is 18.4 Å². The lowest BCUT2D eigenvalue weighted by atomic mass is 9.97. The van der Waals surface area contributed by atoms with E-state index in [0.29, 0.717) is 18.2 Å². The molecular formula is C19H24ClN3O3. The SMILES string of the molecule is COc1cccc(Oc2ccc(CNC(=O)C3CCNCC3)cn2)c1.Cl. The maximum Gasteiger partial charge on any atom is 0.223 e. The third kappa shape index (κ3) is 5.61. The van der Waals surface area contributed by atoms with E-state index >= 15 is 0 Å². The van der Waals surface area contributed by atoms with Crippen LogP contribution in [-0.4, -0.2) is 31.1 Å². The number of methoxy groups -OCH3 is 1. The molecule has 0 unspecified atom stereocenters. The number of rotatable bonds is 6. The third-order valence-electron chi connectivity index (χ3n) is 4.24. The van der Waals surface area contributed by atoms with Gasteiger partial charge in [0.1, 0.15) is 11.5 Å². The first-order chi connectivity index (χ1) is 12.2. The molecule has 140 valence electrons. The molecule has 0 aliphatic carbocycles. The third-order valence-corrected chi connectivity index (χ3v) is 4.24. The maximum absolute atomic E-state index is 12.1. The first-order valence-corrected chi connectivity index (χ1v) is 8.50. The van der Waals surface area contributed by atoms with Gasteiger partial charge in [0.05, 0.1) is 7.11 Å². The van der Waals surface area contributed by atoms with Gasteiger partial charge in [0.15, 0.2) is 0 Å². The van der Waals surface area contributed by atoms with Gasteiger partial charge in [-0.25, -0.2) is 4.98 Å². The summed E-state index contributed by atoms with van der Waals surface area (Å²) in [6.45, 7) is 2.31. The van der Waals surface area contributed by atoms with Gasteiger partial charge < -0.3 is 20.1 Å². The number of nitrogens with one attached hydrogen (secondary N) is 2. The van der Waals surface area contributed by atoms with Crippen molar-refractivity contribution in [2.24, 2.45) is 5.92 Å². The Balaban J connectivity index is 0.00000243. The second-order valence-corrected chi connectivity index (χ2v) is 6.03. The van der Waals surface area contributed by atoms with Crippen LogP contribution in [0.4, 0.5) is 0 Å². The zero-order chi connectivity index (χ0) is 17.5. The summed E-state index contributed by atoms with van der Waals surface area (Å²) in [5, 5.41) is 6.25. The minimum atomic E-state index is 0. The summed E-state index contributed by atoms with van der Waals surface area (Å²) < 4.78 is 10.9. The maximum atomic E-state index is 12.1. The Hall–Kier alpha value is -2.31. The predicted molar refractivity (Wildman–Crippen MR) is 102 cm³/mol. The largest absolute Gasteiger partial charge is 0.497 e. The van der Waals surface area contributed by atoms with Crippen LogP contribution in [0.25, 0.3) is 0 Å². The van der Waals surface area contributed by atoms with Crippen LogP contribution in [0, 0.1) is 5.92 Å². The van der Waals surface area contributed by atoms with E-state index in [-0.39, 0.29) is 24.2 Å². The van der Waals surface area contributed by atoms with E-state index < -0.39 is 0 Å². The number of hydrogen-bond acceptors (Lipinski definition) is 5. The zero-order valence-electron chi connectivity index (χ0n) is 14.7. The van der Waals surface area contributed by atoms with E-state index in [9.17, 15) is 4.79 Å². The Morgan fingerprint density at radius 1 is 1.23 bits per heavy atom. The monoisotopic (exact) mass is 377 g/mol. The minimum absolute atomic E-state index is 0. The Kier molecular flexibility index (Phi) is 7.69. The van der Waals surface area contributed by atoms with Crippen LogP contribution < -0.4 is 20.1 Å². The Morgan fingerprint density at radius 2 is 2.00 bits per heavy atom. The average Bonchev–Trinajstić information content (AvgIpc) is 2.68. The molecule has 0 atom stereocenters. The normalized spacial score (nSPS) is 14.2.